The summed E-state index contributed by atoms with van der Waals surface area (Å²) < 4.78 is 40.2. The van der Waals surface area contributed by atoms with Gasteiger partial charge in [0, 0.05) is 10.2 Å². The van der Waals surface area contributed by atoms with Crippen LogP contribution < -0.4 is 10.5 Å². The molecule has 3 N–H and O–H groups in total. The highest BCUT2D eigenvalue weighted by Crippen LogP contribution is 2.26. The van der Waals surface area contributed by atoms with Gasteiger partial charge in [0.15, 0.2) is 0 Å². The summed E-state index contributed by atoms with van der Waals surface area (Å²) in [5.41, 5.74) is 5.86. The van der Waals surface area contributed by atoms with Crippen LogP contribution in [0.15, 0.2) is 51.8 Å². The third kappa shape index (κ3) is 3.05. The number of hydrogen-bond acceptors (Lipinski definition) is 3. The average molecular weight is 345 g/mol. The molecule has 0 aliphatic carbocycles. The molecule has 0 spiro atoms. The Morgan fingerprint density at radius 2 is 1.84 bits per heavy atom. The standard InChI is InChI=1S/C12H10BrFN2O2S/c13-9-7-8(15)5-6-12(9)19(17,18)16-11-4-2-1-3-10(11)14/h1-7,16H,15H2. The number of nitrogens with two attached hydrogens (primary N) is 1. The highest BCUT2D eigenvalue weighted by Gasteiger charge is 2.19. The monoisotopic (exact) mass is 344 g/mol. The zero-order chi connectivity index (χ0) is 14.0. The molecule has 0 amide bonds. The fourth-order valence-electron chi connectivity index (χ4n) is 1.48. The molecule has 4 nitrogen and oxygen atoms in total. The van der Waals surface area contributed by atoms with E-state index in [0.29, 0.717) is 10.2 Å². The minimum atomic E-state index is -3.88. The molecule has 0 aromatic heterocycles. The van der Waals surface area contributed by atoms with E-state index in [4.69, 9.17) is 5.73 Å². The minimum Gasteiger partial charge on any atom is -0.399 e. The average Bonchev–Trinajstić information content (AvgIpc) is 2.31. The van der Waals surface area contributed by atoms with Crippen LogP contribution in [0, 0.1) is 5.82 Å². The van der Waals surface area contributed by atoms with Crippen LogP contribution in [0.3, 0.4) is 0 Å². The number of hydrogen-bond donors (Lipinski definition) is 2. The van der Waals surface area contributed by atoms with E-state index in [2.05, 4.69) is 20.7 Å². The second-order valence-corrected chi connectivity index (χ2v) is 6.28. The molecule has 19 heavy (non-hydrogen) atoms. The Bertz CT molecular complexity index is 719. The van der Waals surface area contributed by atoms with Crippen LogP contribution in [0.25, 0.3) is 0 Å². The van der Waals surface area contributed by atoms with E-state index in [1.54, 1.807) is 6.07 Å². The van der Waals surface area contributed by atoms with Crippen LogP contribution in [0.1, 0.15) is 0 Å². The molecule has 0 aliphatic rings. The molecule has 0 heterocycles. The van der Waals surface area contributed by atoms with Gasteiger partial charge in [0.1, 0.15) is 10.7 Å². The van der Waals surface area contributed by atoms with Gasteiger partial charge in [-0.2, -0.15) is 0 Å². The number of rotatable bonds is 3. The number of benzene rings is 2. The van der Waals surface area contributed by atoms with Gasteiger partial charge in [0.05, 0.1) is 5.69 Å². The summed E-state index contributed by atoms with van der Waals surface area (Å²) in [5, 5.41) is 0. The van der Waals surface area contributed by atoms with Crippen molar-refractivity contribution in [2.75, 3.05) is 10.5 Å². The Kier molecular flexibility index (Phi) is 3.77. The Morgan fingerprint density at radius 1 is 1.16 bits per heavy atom. The van der Waals surface area contributed by atoms with Crippen molar-refractivity contribution in [2.45, 2.75) is 4.90 Å². The molecule has 0 bridgehead atoms. The summed E-state index contributed by atoms with van der Waals surface area (Å²) in [6.07, 6.45) is 0. The van der Waals surface area contributed by atoms with Crippen molar-refractivity contribution >= 4 is 37.3 Å². The van der Waals surface area contributed by atoms with Crippen molar-refractivity contribution in [3.05, 3.63) is 52.8 Å². The summed E-state index contributed by atoms with van der Waals surface area (Å²) in [6.45, 7) is 0. The van der Waals surface area contributed by atoms with E-state index in [-0.39, 0.29) is 10.6 Å². The van der Waals surface area contributed by atoms with E-state index < -0.39 is 15.8 Å². The van der Waals surface area contributed by atoms with Crippen molar-refractivity contribution in [1.82, 2.24) is 0 Å². The molecular weight excluding hydrogens is 335 g/mol. The van der Waals surface area contributed by atoms with Gasteiger partial charge in [0.25, 0.3) is 10.0 Å². The molecule has 0 saturated carbocycles. The number of nitrogen functional groups attached to an aromatic ring is 1. The summed E-state index contributed by atoms with van der Waals surface area (Å²) in [4.78, 5) is -0.00930. The molecular formula is C12H10BrFN2O2S. The van der Waals surface area contributed by atoms with E-state index >= 15 is 0 Å². The molecule has 2 aromatic rings. The van der Waals surface area contributed by atoms with Crippen LogP contribution in [-0.2, 0) is 10.0 Å². The van der Waals surface area contributed by atoms with Gasteiger partial charge in [-0.25, -0.2) is 12.8 Å². The van der Waals surface area contributed by atoms with Crippen LogP contribution >= 0.6 is 15.9 Å². The van der Waals surface area contributed by atoms with Gasteiger partial charge in [0.2, 0.25) is 0 Å². The topological polar surface area (TPSA) is 72.2 Å². The molecule has 2 aromatic carbocycles. The predicted molar refractivity (Wildman–Crippen MR) is 75.8 cm³/mol. The highest BCUT2D eigenvalue weighted by atomic mass is 79.9. The number of sulfonamides is 1. The van der Waals surface area contributed by atoms with Gasteiger partial charge >= 0.3 is 0 Å². The maximum absolute atomic E-state index is 13.4. The SMILES string of the molecule is Nc1ccc(S(=O)(=O)Nc2ccccc2F)c(Br)c1. The Balaban J connectivity index is 2.41. The van der Waals surface area contributed by atoms with E-state index in [9.17, 15) is 12.8 Å². The lowest BCUT2D eigenvalue weighted by Crippen LogP contribution is -2.14. The van der Waals surface area contributed by atoms with E-state index in [1.807, 2.05) is 0 Å². The first-order valence-corrected chi connectivity index (χ1v) is 7.50. The van der Waals surface area contributed by atoms with Crippen molar-refractivity contribution < 1.29 is 12.8 Å². The largest absolute Gasteiger partial charge is 0.399 e. The zero-order valence-corrected chi connectivity index (χ0v) is 12.0. The van der Waals surface area contributed by atoms with Crippen molar-refractivity contribution in [1.29, 1.82) is 0 Å². The fourth-order valence-corrected chi connectivity index (χ4v) is 3.64. The lowest BCUT2D eigenvalue weighted by molar-refractivity contribution is 0.598. The van der Waals surface area contributed by atoms with Crippen LogP contribution in [-0.4, -0.2) is 8.42 Å². The van der Waals surface area contributed by atoms with Gasteiger partial charge < -0.3 is 5.73 Å². The van der Waals surface area contributed by atoms with Crippen molar-refractivity contribution in [3.63, 3.8) is 0 Å². The molecule has 0 unspecified atom stereocenters. The lowest BCUT2D eigenvalue weighted by atomic mass is 10.3. The second kappa shape index (κ2) is 5.18. The van der Waals surface area contributed by atoms with Gasteiger partial charge in [-0.1, -0.05) is 12.1 Å². The molecule has 0 aliphatic heterocycles. The third-order valence-corrected chi connectivity index (χ3v) is 4.71. The number of nitrogens with one attached hydrogen (secondary N) is 1. The summed E-state index contributed by atoms with van der Waals surface area (Å²) in [6, 6.07) is 9.82. The smallest absolute Gasteiger partial charge is 0.263 e. The first kappa shape index (κ1) is 13.8. The third-order valence-electron chi connectivity index (χ3n) is 2.36. The first-order valence-electron chi connectivity index (χ1n) is 5.22. The highest BCUT2D eigenvalue weighted by molar-refractivity contribution is 9.10. The van der Waals surface area contributed by atoms with Gasteiger partial charge in [-0.15, -0.1) is 0 Å². The summed E-state index contributed by atoms with van der Waals surface area (Å²) >= 11 is 3.12. The second-order valence-electron chi connectivity index (χ2n) is 3.78. The molecule has 0 fully saturated rings. The Morgan fingerprint density at radius 3 is 2.47 bits per heavy atom. The molecule has 7 heteroatoms. The molecule has 2 rings (SSSR count). The fraction of sp³-hybridized carbons (Fsp3) is 0. The summed E-state index contributed by atoms with van der Waals surface area (Å²) in [7, 11) is -3.88. The van der Waals surface area contributed by atoms with E-state index in [1.165, 1.54) is 36.4 Å². The quantitative estimate of drug-likeness (QED) is 0.840. The van der Waals surface area contributed by atoms with Crippen LogP contribution in [0.2, 0.25) is 0 Å². The zero-order valence-electron chi connectivity index (χ0n) is 9.60. The minimum absolute atomic E-state index is 0.00930. The predicted octanol–water partition coefficient (Wildman–Crippen LogP) is 2.97. The van der Waals surface area contributed by atoms with Gasteiger partial charge in [-0.05, 0) is 46.3 Å². The van der Waals surface area contributed by atoms with Crippen molar-refractivity contribution in [2.24, 2.45) is 0 Å². The van der Waals surface area contributed by atoms with Crippen LogP contribution in [0.4, 0.5) is 15.8 Å². The Labute approximate surface area is 118 Å². The Hall–Kier alpha value is -1.60. The maximum Gasteiger partial charge on any atom is 0.263 e. The van der Waals surface area contributed by atoms with E-state index in [0.717, 1.165) is 0 Å². The number of halogens is 2. The lowest BCUT2D eigenvalue weighted by Gasteiger charge is -2.10. The molecule has 100 valence electrons. The molecule has 0 radical (unpaired) electrons. The van der Waals surface area contributed by atoms with Gasteiger partial charge in [-0.3, -0.25) is 4.72 Å². The normalized spacial score (nSPS) is 11.3. The summed E-state index contributed by atoms with van der Waals surface area (Å²) in [5.74, 6) is -0.641. The molecule has 0 atom stereocenters. The molecule has 0 saturated heterocycles. The van der Waals surface area contributed by atoms with Crippen LogP contribution in [0.5, 0.6) is 0 Å². The number of anilines is 2. The van der Waals surface area contributed by atoms with Crippen molar-refractivity contribution in [3.8, 4) is 0 Å². The first-order chi connectivity index (χ1) is 8.90. The maximum atomic E-state index is 13.4. The number of para-hydroxylation sites is 1.